The molecule has 0 aliphatic heterocycles. The second-order valence-electron chi connectivity index (χ2n) is 6.33. The molecule has 26 heavy (non-hydrogen) atoms. The van der Waals surface area contributed by atoms with E-state index in [1.165, 1.54) is 5.56 Å². The number of nitrogens with two attached hydrogens (primary N) is 1. The number of aryl methyl sites for hydroxylation is 1. The molecule has 0 radical (unpaired) electrons. The van der Waals surface area contributed by atoms with Gasteiger partial charge in [-0.1, -0.05) is 30.3 Å². The predicted molar refractivity (Wildman–Crippen MR) is 104 cm³/mol. The number of imidazole rings is 1. The molecule has 0 bridgehead atoms. The van der Waals surface area contributed by atoms with E-state index < -0.39 is 0 Å². The van der Waals surface area contributed by atoms with Gasteiger partial charge in [-0.25, -0.2) is 9.97 Å². The highest BCUT2D eigenvalue weighted by atomic mass is 15.2. The number of nitrogens with one attached hydrogen (secondary N) is 1. The first-order valence-corrected chi connectivity index (χ1v) is 8.50. The first-order chi connectivity index (χ1) is 12.6. The molecular formula is C20H20N6. The van der Waals surface area contributed by atoms with E-state index in [4.69, 9.17) is 5.73 Å². The maximum atomic E-state index is 6.07. The van der Waals surface area contributed by atoms with Crippen molar-refractivity contribution in [2.75, 3.05) is 11.1 Å². The minimum atomic E-state index is 0.101. The molecule has 0 saturated heterocycles. The van der Waals surface area contributed by atoms with Crippen LogP contribution in [0.2, 0.25) is 0 Å². The van der Waals surface area contributed by atoms with Crippen LogP contribution in [0.1, 0.15) is 24.1 Å². The molecule has 6 nitrogen and oxygen atoms in total. The molecule has 0 aliphatic rings. The SMILES string of the molecule is Cc1cc2ncn(-c3ccnc(N[C@@H](C)c4ccccc4)n3)c2cc1N. The van der Waals surface area contributed by atoms with E-state index in [0.717, 1.165) is 28.1 Å². The van der Waals surface area contributed by atoms with E-state index in [1.54, 1.807) is 12.5 Å². The van der Waals surface area contributed by atoms with E-state index in [-0.39, 0.29) is 6.04 Å². The molecule has 2 heterocycles. The van der Waals surface area contributed by atoms with Gasteiger partial charge in [0, 0.05) is 11.9 Å². The Morgan fingerprint density at radius 3 is 2.69 bits per heavy atom. The van der Waals surface area contributed by atoms with Gasteiger partial charge in [0.15, 0.2) is 0 Å². The Bertz CT molecular complexity index is 1050. The fourth-order valence-electron chi connectivity index (χ4n) is 2.93. The summed E-state index contributed by atoms with van der Waals surface area (Å²) in [6.07, 6.45) is 3.50. The Hall–Kier alpha value is -3.41. The number of nitrogens with zero attached hydrogens (tertiary/aromatic N) is 4. The highest BCUT2D eigenvalue weighted by Crippen LogP contribution is 2.23. The van der Waals surface area contributed by atoms with Gasteiger partial charge in [-0.15, -0.1) is 0 Å². The molecule has 0 spiro atoms. The lowest BCUT2D eigenvalue weighted by atomic mass is 10.1. The lowest BCUT2D eigenvalue weighted by Gasteiger charge is -2.14. The van der Waals surface area contributed by atoms with E-state index in [0.29, 0.717) is 5.95 Å². The van der Waals surface area contributed by atoms with Crippen molar-refractivity contribution in [3.8, 4) is 5.82 Å². The number of rotatable bonds is 4. The van der Waals surface area contributed by atoms with Crippen LogP contribution in [0.5, 0.6) is 0 Å². The molecular weight excluding hydrogens is 324 g/mol. The molecule has 0 aliphatic carbocycles. The Morgan fingerprint density at radius 1 is 1.08 bits per heavy atom. The Morgan fingerprint density at radius 2 is 1.88 bits per heavy atom. The first kappa shape index (κ1) is 16.1. The number of hydrogen-bond donors (Lipinski definition) is 2. The van der Waals surface area contributed by atoms with Crippen molar-refractivity contribution in [3.63, 3.8) is 0 Å². The van der Waals surface area contributed by atoms with Gasteiger partial charge in [-0.2, -0.15) is 4.98 Å². The molecule has 130 valence electrons. The highest BCUT2D eigenvalue weighted by Gasteiger charge is 2.11. The third-order valence-electron chi connectivity index (χ3n) is 4.47. The van der Waals surface area contributed by atoms with Gasteiger partial charge in [0.1, 0.15) is 12.1 Å². The van der Waals surface area contributed by atoms with Crippen LogP contribution < -0.4 is 11.1 Å². The van der Waals surface area contributed by atoms with Gasteiger partial charge in [0.2, 0.25) is 5.95 Å². The third kappa shape index (κ3) is 2.97. The maximum absolute atomic E-state index is 6.07. The van der Waals surface area contributed by atoms with Crippen molar-refractivity contribution < 1.29 is 0 Å². The zero-order valence-electron chi connectivity index (χ0n) is 14.7. The summed E-state index contributed by atoms with van der Waals surface area (Å²) in [6.45, 7) is 4.06. The van der Waals surface area contributed by atoms with E-state index in [9.17, 15) is 0 Å². The highest BCUT2D eigenvalue weighted by molar-refractivity contribution is 5.82. The van der Waals surface area contributed by atoms with Crippen LogP contribution in [0.25, 0.3) is 16.9 Å². The summed E-state index contributed by atoms with van der Waals surface area (Å²) in [7, 11) is 0. The quantitative estimate of drug-likeness (QED) is 0.549. The largest absolute Gasteiger partial charge is 0.398 e. The monoisotopic (exact) mass is 344 g/mol. The minimum absolute atomic E-state index is 0.101. The van der Waals surface area contributed by atoms with Crippen LogP contribution in [0.4, 0.5) is 11.6 Å². The third-order valence-corrected chi connectivity index (χ3v) is 4.47. The topological polar surface area (TPSA) is 81.7 Å². The summed E-state index contributed by atoms with van der Waals surface area (Å²) in [6, 6.07) is 16.1. The number of nitrogen functional groups attached to an aromatic ring is 1. The van der Waals surface area contributed by atoms with Crippen LogP contribution in [-0.4, -0.2) is 19.5 Å². The Balaban J connectivity index is 1.67. The molecule has 4 aromatic rings. The van der Waals surface area contributed by atoms with Crippen LogP contribution in [0.15, 0.2) is 61.1 Å². The van der Waals surface area contributed by atoms with Crippen molar-refractivity contribution in [2.24, 2.45) is 0 Å². The number of fused-ring (bicyclic) bond motifs is 1. The van der Waals surface area contributed by atoms with Gasteiger partial charge in [-0.3, -0.25) is 4.57 Å². The molecule has 3 N–H and O–H groups in total. The summed E-state index contributed by atoms with van der Waals surface area (Å²) in [5.41, 5.74) is 10.8. The predicted octanol–water partition coefficient (Wildman–Crippen LogP) is 3.88. The smallest absolute Gasteiger partial charge is 0.225 e. The summed E-state index contributed by atoms with van der Waals surface area (Å²) >= 11 is 0. The number of benzene rings is 2. The Labute approximate surface area is 151 Å². The normalized spacial score (nSPS) is 12.2. The van der Waals surface area contributed by atoms with E-state index >= 15 is 0 Å². The molecule has 0 amide bonds. The van der Waals surface area contributed by atoms with Crippen molar-refractivity contribution >= 4 is 22.7 Å². The molecule has 2 aromatic carbocycles. The fourth-order valence-corrected chi connectivity index (χ4v) is 2.93. The number of aromatic nitrogens is 4. The molecule has 1 atom stereocenters. The van der Waals surface area contributed by atoms with Crippen LogP contribution in [0.3, 0.4) is 0 Å². The Kier molecular flexibility index (Phi) is 4.01. The first-order valence-electron chi connectivity index (χ1n) is 8.50. The molecule has 0 unspecified atom stereocenters. The molecule has 4 rings (SSSR count). The van der Waals surface area contributed by atoms with Crippen LogP contribution in [0, 0.1) is 6.92 Å². The molecule has 2 aromatic heterocycles. The van der Waals surface area contributed by atoms with Gasteiger partial charge >= 0.3 is 0 Å². The van der Waals surface area contributed by atoms with Gasteiger partial charge < -0.3 is 11.1 Å². The van der Waals surface area contributed by atoms with Crippen molar-refractivity contribution in [3.05, 3.63) is 72.2 Å². The van der Waals surface area contributed by atoms with Gasteiger partial charge in [0.05, 0.1) is 17.1 Å². The second kappa shape index (κ2) is 6.48. The lowest BCUT2D eigenvalue weighted by Crippen LogP contribution is -2.10. The standard InChI is InChI=1S/C20H20N6/c1-13-10-17-18(11-16(13)21)26(12-23-17)19-8-9-22-20(25-19)24-14(2)15-6-4-3-5-7-15/h3-12,14H,21H2,1-2H3,(H,22,24,25)/t14-/m0/s1. The average Bonchev–Trinajstić information content (AvgIpc) is 3.05. The van der Waals surface area contributed by atoms with Gasteiger partial charge in [-0.05, 0) is 43.2 Å². The van der Waals surface area contributed by atoms with Crippen LogP contribution >= 0.6 is 0 Å². The summed E-state index contributed by atoms with van der Waals surface area (Å²) in [5.74, 6) is 1.31. The number of anilines is 2. The zero-order chi connectivity index (χ0) is 18.1. The average molecular weight is 344 g/mol. The summed E-state index contributed by atoms with van der Waals surface area (Å²) in [4.78, 5) is 13.5. The molecule has 0 fully saturated rings. The summed E-state index contributed by atoms with van der Waals surface area (Å²) in [5, 5.41) is 3.35. The number of hydrogen-bond acceptors (Lipinski definition) is 5. The summed E-state index contributed by atoms with van der Waals surface area (Å²) < 4.78 is 1.92. The molecule has 6 heteroatoms. The fraction of sp³-hybridized carbons (Fsp3) is 0.150. The van der Waals surface area contributed by atoms with Crippen molar-refractivity contribution in [1.29, 1.82) is 0 Å². The van der Waals surface area contributed by atoms with E-state index in [2.05, 4.69) is 39.3 Å². The van der Waals surface area contributed by atoms with Crippen molar-refractivity contribution in [2.45, 2.75) is 19.9 Å². The minimum Gasteiger partial charge on any atom is -0.398 e. The molecule has 0 saturated carbocycles. The van der Waals surface area contributed by atoms with Gasteiger partial charge in [0.25, 0.3) is 0 Å². The second-order valence-corrected chi connectivity index (χ2v) is 6.33. The van der Waals surface area contributed by atoms with E-state index in [1.807, 2.05) is 47.9 Å². The lowest BCUT2D eigenvalue weighted by molar-refractivity contribution is 0.854. The van der Waals surface area contributed by atoms with Crippen LogP contribution in [-0.2, 0) is 0 Å². The maximum Gasteiger partial charge on any atom is 0.225 e. The zero-order valence-corrected chi connectivity index (χ0v) is 14.7. The van der Waals surface area contributed by atoms with Crippen molar-refractivity contribution in [1.82, 2.24) is 19.5 Å².